The Morgan fingerprint density at radius 3 is 2.71 bits per heavy atom. The number of aryl methyl sites for hydroxylation is 1. The fourth-order valence-electron chi connectivity index (χ4n) is 2.36. The fraction of sp³-hybridized carbons (Fsp3) is 0.417. The van der Waals surface area contributed by atoms with Gasteiger partial charge >= 0.3 is 5.97 Å². The molecule has 0 radical (unpaired) electrons. The molecule has 1 aliphatic rings. The Hall–Kier alpha value is -2.00. The third-order valence-corrected chi connectivity index (χ3v) is 5.38. The number of nitrogens with zero attached hydrogens (tertiary/aromatic N) is 2. The van der Waals surface area contributed by atoms with E-state index in [2.05, 4.69) is 0 Å². The van der Waals surface area contributed by atoms with Crippen LogP contribution in [0.3, 0.4) is 0 Å². The maximum absolute atomic E-state index is 12.5. The molecule has 2 rings (SSSR count). The summed E-state index contributed by atoms with van der Waals surface area (Å²) in [4.78, 5) is 21.1. The van der Waals surface area contributed by atoms with Gasteiger partial charge in [0.05, 0.1) is 9.82 Å². The van der Waals surface area contributed by atoms with E-state index in [1.807, 2.05) is 0 Å². The molecular weight excluding hydrogens is 300 g/mol. The molecule has 1 heterocycles. The number of nitro groups is 1. The third-order valence-electron chi connectivity index (χ3n) is 3.47. The van der Waals surface area contributed by atoms with Crippen LogP contribution in [0.1, 0.15) is 18.4 Å². The molecule has 1 aromatic carbocycles. The van der Waals surface area contributed by atoms with E-state index in [9.17, 15) is 23.3 Å². The molecule has 1 aromatic rings. The molecule has 0 amide bonds. The smallest absolute Gasteiger partial charge is 0.322 e. The lowest BCUT2D eigenvalue weighted by Crippen LogP contribution is -2.40. The Kier molecular flexibility index (Phi) is 3.97. The first-order chi connectivity index (χ1) is 9.75. The molecule has 1 N–H and O–H groups in total. The highest BCUT2D eigenvalue weighted by molar-refractivity contribution is 7.89. The molecule has 0 saturated carbocycles. The van der Waals surface area contributed by atoms with Gasteiger partial charge in [0.25, 0.3) is 5.69 Å². The number of sulfonamides is 1. The van der Waals surface area contributed by atoms with E-state index < -0.39 is 27.0 Å². The summed E-state index contributed by atoms with van der Waals surface area (Å²) in [6, 6.07) is 2.46. The summed E-state index contributed by atoms with van der Waals surface area (Å²) >= 11 is 0. The molecule has 1 aliphatic heterocycles. The van der Waals surface area contributed by atoms with Gasteiger partial charge in [0.1, 0.15) is 6.04 Å². The number of benzene rings is 1. The van der Waals surface area contributed by atoms with E-state index in [0.29, 0.717) is 12.0 Å². The summed E-state index contributed by atoms with van der Waals surface area (Å²) in [6.07, 6.45) is 0.687. The van der Waals surface area contributed by atoms with Crippen molar-refractivity contribution < 1.29 is 23.2 Å². The van der Waals surface area contributed by atoms with E-state index in [1.165, 1.54) is 19.1 Å². The van der Waals surface area contributed by atoms with Crippen LogP contribution in [-0.2, 0) is 14.8 Å². The van der Waals surface area contributed by atoms with Crippen molar-refractivity contribution >= 4 is 21.7 Å². The summed E-state index contributed by atoms with van der Waals surface area (Å²) in [5.74, 6) is -1.21. The van der Waals surface area contributed by atoms with Gasteiger partial charge in [-0.1, -0.05) is 6.07 Å². The first-order valence-electron chi connectivity index (χ1n) is 6.25. The Morgan fingerprint density at radius 1 is 1.48 bits per heavy atom. The molecule has 1 atom stereocenters. The first kappa shape index (κ1) is 15.4. The van der Waals surface area contributed by atoms with E-state index in [4.69, 9.17) is 5.11 Å². The second-order valence-electron chi connectivity index (χ2n) is 4.82. The van der Waals surface area contributed by atoms with Crippen LogP contribution < -0.4 is 0 Å². The van der Waals surface area contributed by atoms with Gasteiger partial charge < -0.3 is 5.11 Å². The van der Waals surface area contributed by atoms with Crippen LogP contribution in [0.15, 0.2) is 23.1 Å². The minimum Gasteiger partial charge on any atom is -0.480 e. The van der Waals surface area contributed by atoms with Gasteiger partial charge in [0.2, 0.25) is 10.0 Å². The highest BCUT2D eigenvalue weighted by Crippen LogP contribution is 2.29. The van der Waals surface area contributed by atoms with E-state index in [-0.39, 0.29) is 23.5 Å². The number of hydrogen-bond acceptors (Lipinski definition) is 5. The lowest BCUT2D eigenvalue weighted by Gasteiger charge is -2.20. The minimum absolute atomic E-state index is 0.0982. The second kappa shape index (κ2) is 5.41. The van der Waals surface area contributed by atoms with Gasteiger partial charge in [-0.15, -0.1) is 0 Å². The summed E-state index contributed by atoms with van der Waals surface area (Å²) in [6.45, 7) is 1.60. The predicted octanol–water partition coefficient (Wildman–Crippen LogP) is 1.14. The summed E-state index contributed by atoms with van der Waals surface area (Å²) in [7, 11) is -4.06. The van der Waals surface area contributed by atoms with Crippen LogP contribution in [0.2, 0.25) is 0 Å². The number of rotatable bonds is 4. The molecule has 1 fully saturated rings. The van der Waals surface area contributed by atoms with Crippen LogP contribution in [0.25, 0.3) is 0 Å². The minimum atomic E-state index is -4.06. The van der Waals surface area contributed by atoms with Crippen molar-refractivity contribution in [2.24, 2.45) is 0 Å². The van der Waals surface area contributed by atoms with Crippen LogP contribution in [0.5, 0.6) is 0 Å². The van der Waals surface area contributed by atoms with Gasteiger partial charge in [0.15, 0.2) is 0 Å². The lowest BCUT2D eigenvalue weighted by atomic mass is 10.2. The topological polar surface area (TPSA) is 118 Å². The van der Waals surface area contributed by atoms with Crippen molar-refractivity contribution in [3.63, 3.8) is 0 Å². The molecule has 8 nitrogen and oxygen atoms in total. The molecule has 114 valence electrons. The van der Waals surface area contributed by atoms with Crippen LogP contribution in [0.4, 0.5) is 5.69 Å². The van der Waals surface area contributed by atoms with Crippen molar-refractivity contribution in [1.29, 1.82) is 0 Å². The van der Waals surface area contributed by atoms with E-state index in [0.717, 1.165) is 10.4 Å². The monoisotopic (exact) mass is 314 g/mol. The number of carbonyl (C=O) groups is 1. The molecule has 0 aliphatic carbocycles. The van der Waals surface area contributed by atoms with Crippen LogP contribution in [-0.4, -0.2) is 41.3 Å². The fourth-order valence-corrected chi connectivity index (χ4v) is 4.03. The normalized spacial score (nSPS) is 19.6. The third kappa shape index (κ3) is 2.74. The maximum Gasteiger partial charge on any atom is 0.322 e. The Morgan fingerprint density at radius 2 is 2.14 bits per heavy atom. The van der Waals surface area contributed by atoms with E-state index >= 15 is 0 Å². The average molecular weight is 314 g/mol. The van der Waals surface area contributed by atoms with E-state index in [1.54, 1.807) is 0 Å². The van der Waals surface area contributed by atoms with Crippen molar-refractivity contribution in [2.45, 2.75) is 30.7 Å². The van der Waals surface area contributed by atoms with Gasteiger partial charge in [-0.3, -0.25) is 14.9 Å². The highest BCUT2D eigenvalue weighted by Gasteiger charge is 2.39. The second-order valence-corrected chi connectivity index (χ2v) is 6.71. The first-order valence-corrected chi connectivity index (χ1v) is 7.69. The SMILES string of the molecule is Cc1ccc(S(=O)(=O)N2CCC[C@@H]2C(=O)O)cc1[N+](=O)[O-]. The number of carboxylic acid groups (broad SMARTS) is 1. The summed E-state index contributed by atoms with van der Waals surface area (Å²) in [5.41, 5.74) is 0.0392. The molecule has 0 aromatic heterocycles. The molecular formula is C12H14N2O6S. The standard InChI is InChI=1S/C12H14N2O6S/c1-8-4-5-9(7-11(8)14(17)18)21(19,20)13-6-2-3-10(13)12(15)16/h4-5,7,10H,2-3,6H2,1H3,(H,15,16)/t10-/m1/s1. The van der Waals surface area contributed by atoms with Gasteiger partial charge in [-0.2, -0.15) is 4.31 Å². The number of nitro benzene ring substituents is 1. The Balaban J connectivity index is 2.47. The van der Waals surface area contributed by atoms with Gasteiger partial charge in [0, 0.05) is 18.2 Å². The molecule has 21 heavy (non-hydrogen) atoms. The zero-order valence-electron chi connectivity index (χ0n) is 11.2. The largest absolute Gasteiger partial charge is 0.480 e. The summed E-state index contributed by atoms with van der Waals surface area (Å²) < 4.78 is 25.8. The Labute approximate surface area is 121 Å². The predicted molar refractivity (Wildman–Crippen MR) is 72.4 cm³/mol. The number of hydrogen-bond donors (Lipinski definition) is 1. The average Bonchev–Trinajstić information content (AvgIpc) is 2.88. The van der Waals surface area contributed by atoms with Gasteiger partial charge in [-0.05, 0) is 25.8 Å². The van der Waals surface area contributed by atoms with Gasteiger partial charge in [-0.25, -0.2) is 8.42 Å². The quantitative estimate of drug-likeness (QED) is 0.657. The summed E-state index contributed by atoms with van der Waals surface area (Å²) in [5, 5.41) is 20.0. The van der Waals surface area contributed by atoms with Crippen molar-refractivity contribution in [3.05, 3.63) is 33.9 Å². The number of carboxylic acids is 1. The van der Waals surface area contributed by atoms with Crippen molar-refractivity contribution in [3.8, 4) is 0 Å². The zero-order valence-corrected chi connectivity index (χ0v) is 12.0. The molecule has 0 spiro atoms. The van der Waals surface area contributed by atoms with Crippen molar-refractivity contribution in [1.82, 2.24) is 4.31 Å². The van der Waals surface area contributed by atoms with Crippen LogP contribution in [0, 0.1) is 17.0 Å². The maximum atomic E-state index is 12.5. The molecule has 0 unspecified atom stereocenters. The molecule has 1 saturated heterocycles. The molecule has 0 bridgehead atoms. The van der Waals surface area contributed by atoms with Crippen LogP contribution >= 0.6 is 0 Å². The lowest BCUT2D eigenvalue weighted by molar-refractivity contribution is -0.385. The zero-order chi connectivity index (χ0) is 15.8. The number of aliphatic carboxylic acids is 1. The van der Waals surface area contributed by atoms with Crippen molar-refractivity contribution in [2.75, 3.05) is 6.54 Å². The molecule has 9 heteroatoms. The Bertz CT molecular complexity index is 700. The highest BCUT2D eigenvalue weighted by atomic mass is 32.2.